The van der Waals surface area contributed by atoms with Crippen LogP contribution < -0.4 is 4.74 Å². The van der Waals surface area contributed by atoms with Crippen molar-refractivity contribution >= 4 is 5.91 Å². The fourth-order valence-electron chi connectivity index (χ4n) is 2.45. The highest BCUT2D eigenvalue weighted by atomic mass is 16.5. The molecule has 5 nitrogen and oxygen atoms in total. The fraction of sp³-hybridized carbons (Fsp3) is 0.444. The van der Waals surface area contributed by atoms with Crippen LogP contribution in [0.2, 0.25) is 0 Å². The van der Waals surface area contributed by atoms with Gasteiger partial charge < -0.3 is 9.64 Å². The van der Waals surface area contributed by atoms with Crippen molar-refractivity contribution in [3.63, 3.8) is 0 Å². The first kappa shape index (κ1) is 17.1. The lowest BCUT2D eigenvalue weighted by Crippen LogP contribution is -2.34. The Balaban J connectivity index is 1.98. The number of hydrogen-bond donors (Lipinski definition) is 0. The van der Waals surface area contributed by atoms with Gasteiger partial charge in [0.05, 0.1) is 17.8 Å². The predicted octanol–water partition coefficient (Wildman–Crippen LogP) is 3.06. The molecule has 124 valence electrons. The zero-order valence-corrected chi connectivity index (χ0v) is 14.4. The lowest BCUT2D eigenvalue weighted by Gasteiger charge is -2.21. The van der Waals surface area contributed by atoms with Gasteiger partial charge in [-0.1, -0.05) is 18.2 Å². The molecular formula is C18H25N3O2. The van der Waals surface area contributed by atoms with E-state index in [-0.39, 0.29) is 5.91 Å². The Labute approximate surface area is 137 Å². The average Bonchev–Trinajstić information content (AvgIpc) is 2.93. The zero-order chi connectivity index (χ0) is 16.8. The summed E-state index contributed by atoms with van der Waals surface area (Å²) in [7, 11) is 0. The number of nitrogens with zero attached hydrogens (tertiary/aromatic N) is 3. The van der Waals surface area contributed by atoms with Crippen molar-refractivity contribution in [1.82, 2.24) is 14.7 Å². The Hall–Kier alpha value is -2.30. The molecule has 0 spiro atoms. The third-order valence-corrected chi connectivity index (χ3v) is 3.88. The van der Waals surface area contributed by atoms with E-state index in [9.17, 15) is 4.79 Å². The van der Waals surface area contributed by atoms with Crippen LogP contribution in [-0.2, 0) is 6.54 Å². The lowest BCUT2D eigenvalue weighted by molar-refractivity contribution is 0.0739. The van der Waals surface area contributed by atoms with Gasteiger partial charge in [0.1, 0.15) is 12.4 Å². The van der Waals surface area contributed by atoms with E-state index in [1.165, 1.54) is 0 Å². The number of aryl methyl sites for hydroxylation is 3. The number of likely N-dealkylation sites (N-methyl/N-ethyl adjacent to an activating group) is 1. The van der Waals surface area contributed by atoms with Crippen LogP contribution in [0.5, 0.6) is 5.75 Å². The number of amides is 1. The summed E-state index contributed by atoms with van der Waals surface area (Å²) in [5.74, 6) is 0.879. The van der Waals surface area contributed by atoms with E-state index in [4.69, 9.17) is 4.74 Å². The average molecular weight is 315 g/mol. The first-order chi connectivity index (χ1) is 11.1. The molecule has 0 bridgehead atoms. The van der Waals surface area contributed by atoms with E-state index in [2.05, 4.69) is 5.10 Å². The maximum Gasteiger partial charge on any atom is 0.257 e. The van der Waals surface area contributed by atoms with Crippen LogP contribution in [-0.4, -0.2) is 40.3 Å². The number of benzene rings is 1. The summed E-state index contributed by atoms with van der Waals surface area (Å²) in [6.45, 7) is 10.3. The topological polar surface area (TPSA) is 47.4 Å². The molecule has 0 aliphatic carbocycles. The molecule has 0 fully saturated rings. The zero-order valence-electron chi connectivity index (χ0n) is 14.4. The summed E-state index contributed by atoms with van der Waals surface area (Å²) < 4.78 is 7.59. The molecule has 0 N–H and O–H groups in total. The van der Waals surface area contributed by atoms with E-state index in [0.717, 1.165) is 23.6 Å². The van der Waals surface area contributed by atoms with Crippen molar-refractivity contribution in [3.8, 4) is 5.75 Å². The largest absolute Gasteiger partial charge is 0.491 e. The minimum absolute atomic E-state index is 0.0121. The summed E-state index contributed by atoms with van der Waals surface area (Å²) in [6.07, 6.45) is 1.82. The van der Waals surface area contributed by atoms with Gasteiger partial charge in [-0.25, -0.2) is 0 Å². The molecule has 0 saturated carbocycles. The van der Waals surface area contributed by atoms with Gasteiger partial charge in [-0.15, -0.1) is 0 Å². The SMILES string of the molecule is CCN(CCOc1ccccc1C)C(=O)c1cn(CC)nc1C. The minimum atomic E-state index is 0.0121. The van der Waals surface area contributed by atoms with Crippen LogP contribution in [0.4, 0.5) is 0 Å². The number of hydrogen-bond acceptors (Lipinski definition) is 3. The number of para-hydroxylation sites is 1. The molecule has 0 unspecified atom stereocenters. The Morgan fingerprint density at radius 3 is 2.61 bits per heavy atom. The molecule has 0 radical (unpaired) electrons. The predicted molar refractivity (Wildman–Crippen MR) is 90.9 cm³/mol. The minimum Gasteiger partial charge on any atom is -0.491 e. The third kappa shape index (κ3) is 4.12. The summed E-state index contributed by atoms with van der Waals surface area (Å²) in [5, 5.41) is 4.34. The van der Waals surface area contributed by atoms with Crippen LogP contribution in [0, 0.1) is 13.8 Å². The lowest BCUT2D eigenvalue weighted by atomic mass is 10.2. The number of carbonyl (C=O) groups is 1. The number of carbonyl (C=O) groups excluding carboxylic acids is 1. The van der Waals surface area contributed by atoms with E-state index >= 15 is 0 Å². The third-order valence-electron chi connectivity index (χ3n) is 3.88. The van der Waals surface area contributed by atoms with Crippen LogP contribution >= 0.6 is 0 Å². The molecule has 23 heavy (non-hydrogen) atoms. The molecule has 1 amide bonds. The first-order valence-corrected chi connectivity index (χ1v) is 8.08. The fourth-order valence-corrected chi connectivity index (χ4v) is 2.45. The molecule has 1 heterocycles. The van der Waals surface area contributed by atoms with Crippen LogP contribution in [0.15, 0.2) is 30.5 Å². The van der Waals surface area contributed by atoms with E-state index in [1.807, 2.05) is 58.2 Å². The second-order valence-corrected chi connectivity index (χ2v) is 5.48. The van der Waals surface area contributed by atoms with Gasteiger partial charge in [0, 0.05) is 19.3 Å². The molecule has 1 aromatic heterocycles. The summed E-state index contributed by atoms with van der Waals surface area (Å²) >= 11 is 0. The normalized spacial score (nSPS) is 10.6. The van der Waals surface area contributed by atoms with Gasteiger partial charge in [-0.05, 0) is 39.3 Å². The maximum absolute atomic E-state index is 12.7. The maximum atomic E-state index is 12.7. The Kier molecular flexibility index (Phi) is 5.79. The van der Waals surface area contributed by atoms with Gasteiger partial charge in [-0.2, -0.15) is 5.10 Å². The monoisotopic (exact) mass is 315 g/mol. The molecular weight excluding hydrogens is 290 g/mol. The quantitative estimate of drug-likeness (QED) is 0.789. The standard InChI is InChI=1S/C18H25N3O2/c1-5-20(11-12-23-17-10-8-7-9-14(17)3)18(22)16-13-21(6-2)19-15(16)4/h7-10,13H,5-6,11-12H2,1-4H3. The second kappa shape index (κ2) is 7.81. The highest BCUT2D eigenvalue weighted by Gasteiger charge is 2.19. The number of rotatable bonds is 7. The summed E-state index contributed by atoms with van der Waals surface area (Å²) in [5.41, 5.74) is 2.54. The molecule has 2 aromatic rings. The van der Waals surface area contributed by atoms with Crippen molar-refractivity contribution in [2.24, 2.45) is 0 Å². The molecule has 2 rings (SSSR count). The number of ether oxygens (including phenoxy) is 1. The molecule has 0 atom stereocenters. The van der Waals surface area contributed by atoms with Crippen molar-refractivity contribution < 1.29 is 9.53 Å². The van der Waals surface area contributed by atoms with Gasteiger partial charge in [0.15, 0.2) is 0 Å². The smallest absolute Gasteiger partial charge is 0.257 e. The highest BCUT2D eigenvalue weighted by molar-refractivity contribution is 5.95. The van der Waals surface area contributed by atoms with Crippen molar-refractivity contribution in [1.29, 1.82) is 0 Å². The van der Waals surface area contributed by atoms with E-state index in [0.29, 0.717) is 25.3 Å². The van der Waals surface area contributed by atoms with Gasteiger partial charge >= 0.3 is 0 Å². The molecule has 0 aliphatic heterocycles. The molecule has 1 aromatic carbocycles. The highest BCUT2D eigenvalue weighted by Crippen LogP contribution is 2.16. The Morgan fingerprint density at radius 1 is 1.26 bits per heavy atom. The van der Waals surface area contributed by atoms with Crippen LogP contribution in [0.25, 0.3) is 0 Å². The first-order valence-electron chi connectivity index (χ1n) is 8.08. The Bertz CT molecular complexity index is 664. The Morgan fingerprint density at radius 2 is 2.00 bits per heavy atom. The van der Waals surface area contributed by atoms with Gasteiger partial charge in [-0.3, -0.25) is 9.48 Å². The molecule has 0 saturated heterocycles. The van der Waals surface area contributed by atoms with Crippen LogP contribution in [0.1, 0.15) is 35.5 Å². The van der Waals surface area contributed by atoms with Crippen molar-refractivity contribution in [2.75, 3.05) is 19.7 Å². The van der Waals surface area contributed by atoms with Crippen molar-refractivity contribution in [2.45, 2.75) is 34.2 Å². The molecule has 5 heteroatoms. The van der Waals surface area contributed by atoms with Crippen molar-refractivity contribution in [3.05, 3.63) is 47.3 Å². The molecule has 0 aliphatic rings. The van der Waals surface area contributed by atoms with E-state index < -0.39 is 0 Å². The second-order valence-electron chi connectivity index (χ2n) is 5.48. The summed E-state index contributed by atoms with van der Waals surface area (Å²) in [4.78, 5) is 14.4. The number of aromatic nitrogens is 2. The van der Waals surface area contributed by atoms with Crippen LogP contribution in [0.3, 0.4) is 0 Å². The van der Waals surface area contributed by atoms with Gasteiger partial charge in [0.2, 0.25) is 0 Å². The summed E-state index contributed by atoms with van der Waals surface area (Å²) in [6, 6.07) is 7.90. The van der Waals surface area contributed by atoms with E-state index in [1.54, 1.807) is 9.58 Å². The van der Waals surface area contributed by atoms with Gasteiger partial charge in [0.25, 0.3) is 5.91 Å².